The van der Waals surface area contributed by atoms with E-state index in [0.29, 0.717) is 31.9 Å². The van der Waals surface area contributed by atoms with Crippen molar-refractivity contribution in [2.75, 3.05) is 42.3 Å². The van der Waals surface area contributed by atoms with Gasteiger partial charge in [-0.1, -0.05) is 17.8 Å². The second kappa shape index (κ2) is 9.79. The van der Waals surface area contributed by atoms with Crippen molar-refractivity contribution in [3.63, 3.8) is 0 Å². The number of nitrogens with one attached hydrogen (secondary N) is 1. The van der Waals surface area contributed by atoms with Gasteiger partial charge in [0.15, 0.2) is 0 Å². The lowest BCUT2D eigenvalue weighted by Crippen LogP contribution is -2.37. The Bertz CT molecular complexity index is 1130. The third-order valence-corrected chi connectivity index (χ3v) is 5.57. The Morgan fingerprint density at radius 1 is 1.12 bits per heavy atom. The second-order valence-corrected chi connectivity index (χ2v) is 7.98. The predicted molar refractivity (Wildman–Crippen MR) is 114 cm³/mol. The molecular weight excluding hydrogens is 464 g/mol. The average Bonchev–Trinajstić information content (AvgIpc) is 3.27. The summed E-state index contributed by atoms with van der Waals surface area (Å²) in [7, 11) is 0. The van der Waals surface area contributed by atoms with Gasteiger partial charge in [-0.2, -0.15) is 13.2 Å². The van der Waals surface area contributed by atoms with Crippen LogP contribution in [-0.2, 0) is 15.7 Å². The molecule has 0 saturated carbocycles. The number of carbonyl (C=O) groups excluding carboxylic acids is 1. The largest absolute Gasteiger partial charge is 0.416 e. The summed E-state index contributed by atoms with van der Waals surface area (Å²) < 4.78 is 63.7. The fraction of sp³-hybridized carbons (Fsp3) is 0.286. The Labute approximate surface area is 190 Å². The highest BCUT2D eigenvalue weighted by atomic mass is 32.2. The molecule has 2 aromatic carbocycles. The number of amides is 1. The average molecular weight is 482 g/mol. The number of carbonyl (C=O) groups is 1. The van der Waals surface area contributed by atoms with E-state index in [1.165, 1.54) is 24.3 Å². The van der Waals surface area contributed by atoms with E-state index in [4.69, 9.17) is 9.15 Å². The number of ether oxygens (including phenoxy) is 1. The van der Waals surface area contributed by atoms with Crippen LogP contribution in [0.3, 0.4) is 0 Å². The minimum Gasteiger partial charge on any atom is -0.411 e. The maximum absolute atomic E-state index is 13.4. The first kappa shape index (κ1) is 23.1. The van der Waals surface area contributed by atoms with Crippen molar-refractivity contribution in [1.29, 1.82) is 0 Å². The molecule has 1 aromatic heterocycles. The molecule has 3 aromatic rings. The Balaban J connectivity index is 1.44. The van der Waals surface area contributed by atoms with Gasteiger partial charge in [-0.3, -0.25) is 4.79 Å². The zero-order valence-electron chi connectivity index (χ0n) is 17.1. The summed E-state index contributed by atoms with van der Waals surface area (Å²) >= 11 is 0.957. The van der Waals surface area contributed by atoms with E-state index in [9.17, 15) is 22.4 Å². The molecule has 0 radical (unpaired) electrons. The molecule has 0 aliphatic carbocycles. The van der Waals surface area contributed by atoms with E-state index in [0.717, 1.165) is 23.9 Å². The Morgan fingerprint density at radius 2 is 1.91 bits per heavy atom. The lowest BCUT2D eigenvalue weighted by atomic mass is 10.1. The number of nitrogens with zero attached hydrogens (tertiary/aromatic N) is 3. The summed E-state index contributed by atoms with van der Waals surface area (Å²) in [6, 6.07) is 8.83. The lowest BCUT2D eigenvalue weighted by Gasteiger charge is -2.31. The fourth-order valence-corrected chi connectivity index (χ4v) is 3.76. The third-order valence-electron chi connectivity index (χ3n) is 4.76. The summed E-state index contributed by atoms with van der Waals surface area (Å²) in [5, 5.41) is 10.4. The highest BCUT2D eigenvalue weighted by Gasteiger charge is 2.32. The van der Waals surface area contributed by atoms with Crippen LogP contribution < -0.4 is 10.2 Å². The van der Waals surface area contributed by atoms with Crippen LogP contribution >= 0.6 is 11.8 Å². The van der Waals surface area contributed by atoms with Crippen LogP contribution in [0.5, 0.6) is 0 Å². The Morgan fingerprint density at radius 3 is 2.64 bits per heavy atom. The molecule has 1 saturated heterocycles. The minimum atomic E-state index is -4.50. The maximum atomic E-state index is 13.4. The molecule has 1 N–H and O–H groups in total. The standard InChI is InChI=1S/C21H18F4N4O3S/c22-15-3-1-2-13(10-15)19-27-28-20(32-19)33-12-18(30)26-16-5-4-14(21(23,24)25)11-17(16)29-6-8-31-9-7-29/h1-5,10-11H,6-9,12H2,(H,26,30). The zero-order chi connectivity index (χ0) is 23.4. The normalized spacial score (nSPS) is 14.4. The van der Waals surface area contributed by atoms with Gasteiger partial charge in [-0.25, -0.2) is 4.39 Å². The first-order chi connectivity index (χ1) is 15.8. The van der Waals surface area contributed by atoms with Crippen LogP contribution in [0.15, 0.2) is 52.1 Å². The van der Waals surface area contributed by atoms with Crippen molar-refractivity contribution in [3.8, 4) is 11.5 Å². The molecule has 0 bridgehead atoms. The number of rotatable bonds is 6. The molecular formula is C21H18F4N4O3S. The van der Waals surface area contributed by atoms with Crippen molar-refractivity contribution in [2.24, 2.45) is 0 Å². The van der Waals surface area contributed by atoms with Gasteiger partial charge >= 0.3 is 6.18 Å². The van der Waals surface area contributed by atoms with Crippen LogP contribution in [0.4, 0.5) is 28.9 Å². The number of alkyl halides is 3. The summed E-state index contributed by atoms with van der Waals surface area (Å²) in [6.45, 7) is 1.57. The van der Waals surface area contributed by atoms with Gasteiger partial charge < -0.3 is 19.4 Å². The van der Waals surface area contributed by atoms with E-state index in [1.54, 1.807) is 11.0 Å². The second-order valence-electron chi connectivity index (χ2n) is 7.05. The van der Waals surface area contributed by atoms with Gasteiger partial charge in [0.25, 0.3) is 5.22 Å². The highest BCUT2D eigenvalue weighted by molar-refractivity contribution is 7.99. The highest BCUT2D eigenvalue weighted by Crippen LogP contribution is 2.36. The number of hydrogen-bond acceptors (Lipinski definition) is 7. The third kappa shape index (κ3) is 5.82. The lowest BCUT2D eigenvalue weighted by molar-refractivity contribution is -0.137. The van der Waals surface area contributed by atoms with Crippen LogP contribution in [0.1, 0.15) is 5.56 Å². The topological polar surface area (TPSA) is 80.5 Å². The summed E-state index contributed by atoms with van der Waals surface area (Å²) in [5.74, 6) is -0.921. The molecule has 7 nitrogen and oxygen atoms in total. The molecule has 0 atom stereocenters. The quantitative estimate of drug-likeness (QED) is 0.410. The number of aromatic nitrogens is 2. The van der Waals surface area contributed by atoms with E-state index in [1.807, 2.05) is 0 Å². The van der Waals surface area contributed by atoms with E-state index >= 15 is 0 Å². The molecule has 174 valence electrons. The van der Waals surface area contributed by atoms with Crippen molar-refractivity contribution < 1.29 is 31.5 Å². The van der Waals surface area contributed by atoms with Crippen LogP contribution in [-0.4, -0.2) is 48.2 Å². The first-order valence-corrected chi connectivity index (χ1v) is 10.8. The van der Waals surface area contributed by atoms with Gasteiger partial charge in [0.05, 0.1) is 35.9 Å². The zero-order valence-corrected chi connectivity index (χ0v) is 17.9. The molecule has 33 heavy (non-hydrogen) atoms. The molecule has 12 heteroatoms. The fourth-order valence-electron chi connectivity index (χ4n) is 3.20. The van der Waals surface area contributed by atoms with Crippen LogP contribution in [0.25, 0.3) is 11.5 Å². The van der Waals surface area contributed by atoms with Crippen molar-refractivity contribution >= 4 is 29.0 Å². The number of halogens is 4. The van der Waals surface area contributed by atoms with Gasteiger partial charge in [0.1, 0.15) is 5.82 Å². The molecule has 2 heterocycles. The first-order valence-electron chi connectivity index (χ1n) is 9.85. The van der Waals surface area contributed by atoms with Crippen molar-refractivity contribution in [1.82, 2.24) is 10.2 Å². The van der Waals surface area contributed by atoms with Gasteiger partial charge in [0, 0.05) is 18.7 Å². The molecule has 4 rings (SSSR count). The predicted octanol–water partition coefficient (Wildman–Crippen LogP) is 4.46. The number of morpholine rings is 1. The molecule has 1 amide bonds. The van der Waals surface area contributed by atoms with E-state index < -0.39 is 23.5 Å². The molecule has 0 spiro atoms. The van der Waals surface area contributed by atoms with E-state index in [-0.39, 0.29) is 28.2 Å². The van der Waals surface area contributed by atoms with Crippen molar-refractivity contribution in [2.45, 2.75) is 11.4 Å². The smallest absolute Gasteiger partial charge is 0.411 e. The Hall–Kier alpha value is -3.12. The van der Waals surface area contributed by atoms with Gasteiger partial charge in [-0.05, 0) is 36.4 Å². The van der Waals surface area contributed by atoms with Crippen LogP contribution in [0, 0.1) is 5.82 Å². The molecule has 1 aliphatic rings. The monoisotopic (exact) mass is 482 g/mol. The maximum Gasteiger partial charge on any atom is 0.416 e. The summed E-state index contributed by atoms with van der Waals surface area (Å²) in [6.07, 6.45) is -4.50. The SMILES string of the molecule is O=C(CSc1nnc(-c2cccc(F)c2)o1)Nc1ccc(C(F)(F)F)cc1N1CCOCC1. The molecule has 1 aliphatic heterocycles. The summed E-state index contributed by atoms with van der Waals surface area (Å²) in [4.78, 5) is 14.2. The van der Waals surface area contributed by atoms with Gasteiger partial charge in [-0.15, -0.1) is 10.2 Å². The van der Waals surface area contributed by atoms with Crippen molar-refractivity contribution in [3.05, 3.63) is 53.8 Å². The van der Waals surface area contributed by atoms with E-state index in [2.05, 4.69) is 15.5 Å². The molecule has 0 unspecified atom stereocenters. The number of hydrogen-bond donors (Lipinski definition) is 1. The Kier molecular flexibility index (Phi) is 6.84. The number of benzene rings is 2. The number of anilines is 2. The van der Waals surface area contributed by atoms with Crippen LogP contribution in [0.2, 0.25) is 0 Å². The van der Waals surface area contributed by atoms with Gasteiger partial charge in [0.2, 0.25) is 11.8 Å². The minimum absolute atomic E-state index is 0.102. The summed E-state index contributed by atoms with van der Waals surface area (Å²) in [5.41, 5.74) is 0.143. The number of thioether (sulfide) groups is 1. The molecule has 1 fully saturated rings.